The van der Waals surface area contributed by atoms with Gasteiger partial charge in [0.15, 0.2) is 0 Å². The van der Waals surface area contributed by atoms with E-state index in [1.54, 1.807) is 0 Å². The van der Waals surface area contributed by atoms with Crippen LogP contribution in [-0.4, -0.2) is 66.3 Å². The normalized spacial score (nSPS) is 14.1. The molecule has 0 aromatic heterocycles. The van der Waals surface area contributed by atoms with Gasteiger partial charge in [0.2, 0.25) is 0 Å². The molecule has 0 rings (SSSR count). The van der Waals surface area contributed by atoms with E-state index in [1.807, 2.05) is 0 Å². The molecule has 322 valence electrons. The molecule has 0 aromatic carbocycles. The van der Waals surface area contributed by atoms with Crippen LogP contribution >= 0.6 is 7.82 Å². The van der Waals surface area contributed by atoms with Gasteiger partial charge in [-0.1, -0.05) is 187 Å². The molecule has 0 aliphatic rings. The predicted octanol–water partition coefficient (Wildman–Crippen LogP) is 12.5. The number of carbonyl (C=O) groups excluding carboxylic acids is 1. The van der Waals surface area contributed by atoms with Crippen LogP contribution in [0.1, 0.15) is 219 Å². The van der Waals surface area contributed by atoms with E-state index in [-0.39, 0.29) is 25.6 Å². The Morgan fingerprint density at radius 3 is 1.39 bits per heavy atom. The Balaban J connectivity index is 4.11. The number of carbonyl (C=O) groups is 1. The summed E-state index contributed by atoms with van der Waals surface area (Å²) in [5.41, 5.74) is 0. The maximum absolute atomic E-state index is 12.6. The van der Waals surface area contributed by atoms with Crippen molar-refractivity contribution in [2.45, 2.75) is 232 Å². The second kappa shape index (κ2) is 41.8. The molecular weight excluding hydrogens is 703 g/mol. The molecule has 0 saturated heterocycles. The summed E-state index contributed by atoms with van der Waals surface area (Å²) in [7, 11) is -4.51. The highest BCUT2D eigenvalue weighted by molar-refractivity contribution is 7.47. The highest BCUT2D eigenvalue weighted by Crippen LogP contribution is 2.43. The zero-order valence-electron chi connectivity index (χ0n) is 35.2. The number of aliphatic hydroxyl groups is 2. The lowest BCUT2D eigenvalue weighted by Gasteiger charge is -2.20. The van der Waals surface area contributed by atoms with Crippen LogP contribution in [0.15, 0.2) is 12.2 Å². The van der Waals surface area contributed by atoms with Gasteiger partial charge < -0.3 is 24.6 Å². The molecule has 0 fully saturated rings. The SMILES string of the molecule is CCCCCCCC/C=C\CCCCCCCC(=O)O[C@H](COCCCCCCCCCCCCCCCCCCCC)COP(=O)(O)OC[C@@H](O)CO. The third-order valence-corrected chi connectivity index (χ3v) is 10.9. The summed E-state index contributed by atoms with van der Waals surface area (Å²) in [6, 6.07) is 0. The smallest absolute Gasteiger partial charge is 0.457 e. The minimum absolute atomic E-state index is 0.0519. The number of hydrogen-bond donors (Lipinski definition) is 3. The highest BCUT2D eigenvalue weighted by atomic mass is 31.2. The number of esters is 1. The Bertz CT molecular complexity index is 856. The molecule has 0 amide bonds. The van der Waals surface area contributed by atoms with Crippen molar-refractivity contribution < 1.29 is 43.0 Å². The Morgan fingerprint density at radius 1 is 0.556 bits per heavy atom. The molecule has 0 bridgehead atoms. The number of phosphoric acid groups is 1. The van der Waals surface area contributed by atoms with Crippen molar-refractivity contribution in [3.63, 3.8) is 0 Å². The van der Waals surface area contributed by atoms with Crippen molar-refractivity contribution in [3.05, 3.63) is 12.2 Å². The molecule has 0 aromatic rings. The second-order valence-corrected chi connectivity index (χ2v) is 16.9. The van der Waals surface area contributed by atoms with E-state index < -0.39 is 33.2 Å². The number of rotatable bonds is 44. The number of aliphatic hydroxyl groups excluding tert-OH is 2. The van der Waals surface area contributed by atoms with Crippen molar-refractivity contribution in [3.8, 4) is 0 Å². The van der Waals surface area contributed by atoms with Crippen LogP contribution in [0.3, 0.4) is 0 Å². The molecule has 3 atom stereocenters. The van der Waals surface area contributed by atoms with E-state index in [2.05, 4.69) is 26.0 Å². The summed E-state index contributed by atoms with van der Waals surface area (Å²) in [6.07, 6.45) is 41.7. The fraction of sp³-hybridized carbons (Fsp3) is 0.932. The molecule has 3 N–H and O–H groups in total. The lowest BCUT2D eigenvalue weighted by Crippen LogP contribution is -2.29. The molecule has 1 unspecified atom stereocenters. The van der Waals surface area contributed by atoms with Gasteiger partial charge in [-0.3, -0.25) is 13.8 Å². The Kier molecular flexibility index (Phi) is 41.2. The largest absolute Gasteiger partial charge is 0.472 e. The first-order valence-corrected chi connectivity index (χ1v) is 24.2. The van der Waals surface area contributed by atoms with Crippen molar-refractivity contribution in [2.75, 3.05) is 33.0 Å². The van der Waals surface area contributed by atoms with Crippen LogP contribution in [0.25, 0.3) is 0 Å². The zero-order chi connectivity index (χ0) is 39.6. The number of allylic oxidation sites excluding steroid dienone is 2. The van der Waals surface area contributed by atoms with Crippen molar-refractivity contribution >= 4 is 13.8 Å². The molecule has 54 heavy (non-hydrogen) atoms. The first kappa shape index (κ1) is 53.2. The number of unbranched alkanes of at least 4 members (excludes halogenated alkanes) is 28. The maximum atomic E-state index is 12.6. The number of phosphoric ester groups is 1. The summed E-state index contributed by atoms with van der Waals surface area (Å²) < 4.78 is 33.4. The quantitative estimate of drug-likeness (QED) is 0.0239. The van der Waals surface area contributed by atoms with Gasteiger partial charge in [0.05, 0.1) is 26.4 Å². The van der Waals surface area contributed by atoms with Crippen LogP contribution in [0.2, 0.25) is 0 Å². The van der Waals surface area contributed by atoms with Crippen molar-refractivity contribution in [1.82, 2.24) is 0 Å². The van der Waals surface area contributed by atoms with Gasteiger partial charge in [0.1, 0.15) is 12.2 Å². The van der Waals surface area contributed by atoms with Gasteiger partial charge in [-0.15, -0.1) is 0 Å². The topological polar surface area (TPSA) is 132 Å². The molecule has 10 heteroatoms. The molecule has 0 heterocycles. The number of hydrogen-bond acceptors (Lipinski definition) is 8. The standard InChI is InChI=1S/C44H87O9P/c1-3-5-7-9-11-13-15-17-19-20-21-23-25-27-29-31-33-35-37-50-40-43(41-52-54(48,49)51-39-42(46)38-45)53-44(47)36-34-32-30-28-26-24-22-18-16-14-12-10-8-6-4-2/h18,22,42-43,45-46H,3-17,19-21,23-41H2,1-2H3,(H,48,49)/b22-18-/t42-,43+/m0/s1. The fourth-order valence-electron chi connectivity index (χ4n) is 6.47. The Labute approximate surface area is 332 Å². The fourth-order valence-corrected chi connectivity index (χ4v) is 7.26. The van der Waals surface area contributed by atoms with Crippen LogP contribution in [-0.2, 0) is 27.9 Å². The summed E-state index contributed by atoms with van der Waals surface area (Å²) in [4.78, 5) is 22.6. The first-order chi connectivity index (χ1) is 26.3. The van der Waals surface area contributed by atoms with Gasteiger partial charge in [-0.05, 0) is 38.5 Å². The predicted molar refractivity (Wildman–Crippen MR) is 224 cm³/mol. The summed E-state index contributed by atoms with van der Waals surface area (Å²) in [5.74, 6) is -0.387. The van der Waals surface area contributed by atoms with Crippen LogP contribution in [0.4, 0.5) is 0 Å². The number of ether oxygens (including phenoxy) is 2. The average molecular weight is 791 g/mol. The molecule has 9 nitrogen and oxygen atoms in total. The molecule has 0 radical (unpaired) electrons. The lowest BCUT2D eigenvalue weighted by atomic mass is 10.0. The third-order valence-electron chi connectivity index (χ3n) is 9.95. The molecule has 0 saturated carbocycles. The maximum Gasteiger partial charge on any atom is 0.472 e. The van der Waals surface area contributed by atoms with Gasteiger partial charge in [-0.25, -0.2) is 4.57 Å². The molecule has 0 spiro atoms. The third kappa shape index (κ3) is 40.9. The highest BCUT2D eigenvalue weighted by Gasteiger charge is 2.26. The van der Waals surface area contributed by atoms with Gasteiger partial charge in [0, 0.05) is 13.0 Å². The zero-order valence-corrected chi connectivity index (χ0v) is 36.1. The van der Waals surface area contributed by atoms with E-state index in [9.17, 15) is 19.4 Å². The van der Waals surface area contributed by atoms with Crippen LogP contribution in [0.5, 0.6) is 0 Å². The van der Waals surface area contributed by atoms with E-state index in [0.717, 1.165) is 51.4 Å². The van der Waals surface area contributed by atoms with E-state index in [0.29, 0.717) is 6.61 Å². The van der Waals surface area contributed by atoms with E-state index >= 15 is 0 Å². The Hall–Kier alpha value is -0.800. The van der Waals surface area contributed by atoms with Crippen molar-refractivity contribution in [2.24, 2.45) is 0 Å². The summed E-state index contributed by atoms with van der Waals surface area (Å²) in [5, 5.41) is 18.3. The van der Waals surface area contributed by atoms with Gasteiger partial charge in [-0.2, -0.15) is 0 Å². The van der Waals surface area contributed by atoms with Gasteiger partial charge in [0.25, 0.3) is 0 Å². The summed E-state index contributed by atoms with van der Waals surface area (Å²) >= 11 is 0. The Morgan fingerprint density at radius 2 is 0.944 bits per heavy atom. The molecule has 0 aliphatic carbocycles. The van der Waals surface area contributed by atoms with Crippen molar-refractivity contribution in [1.29, 1.82) is 0 Å². The first-order valence-electron chi connectivity index (χ1n) is 22.7. The van der Waals surface area contributed by atoms with E-state index in [4.69, 9.17) is 23.6 Å². The van der Waals surface area contributed by atoms with Crippen LogP contribution in [0, 0.1) is 0 Å². The van der Waals surface area contributed by atoms with E-state index in [1.165, 1.54) is 148 Å². The average Bonchev–Trinajstić information content (AvgIpc) is 3.16. The molecular formula is C44H87O9P. The minimum atomic E-state index is -4.51. The lowest BCUT2D eigenvalue weighted by molar-refractivity contribution is -0.154. The second-order valence-electron chi connectivity index (χ2n) is 15.4. The minimum Gasteiger partial charge on any atom is -0.457 e. The summed E-state index contributed by atoms with van der Waals surface area (Å²) in [6.45, 7) is 3.55. The monoisotopic (exact) mass is 791 g/mol. The van der Waals surface area contributed by atoms with Crippen LogP contribution < -0.4 is 0 Å². The molecule has 0 aliphatic heterocycles. The van der Waals surface area contributed by atoms with Gasteiger partial charge >= 0.3 is 13.8 Å².